The fourth-order valence-corrected chi connectivity index (χ4v) is 1.87. The van der Waals surface area contributed by atoms with E-state index in [9.17, 15) is 0 Å². The van der Waals surface area contributed by atoms with Gasteiger partial charge >= 0.3 is 0 Å². The molecule has 17 heavy (non-hydrogen) atoms. The first-order valence-corrected chi connectivity index (χ1v) is 7.13. The lowest BCUT2D eigenvalue weighted by molar-refractivity contribution is 0.177. The van der Waals surface area contributed by atoms with Crippen molar-refractivity contribution in [3.8, 4) is 0 Å². The number of nitrogens with zero attached hydrogens (tertiary/aromatic N) is 2. The lowest BCUT2D eigenvalue weighted by Gasteiger charge is -2.41. The van der Waals surface area contributed by atoms with Gasteiger partial charge in [0.15, 0.2) is 11.0 Å². The van der Waals surface area contributed by atoms with Crippen LogP contribution in [0.1, 0.15) is 33.6 Å². The van der Waals surface area contributed by atoms with Crippen LogP contribution in [0.15, 0.2) is 9.98 Å². The molecular formula is C11H21N5S. The first-order valence-electron chi connectivity index (χ1n) is 5.90. The van der Waals surface area contributed by atoms with Gasteiger partial charge in [-0.05, 0) is 19.1 Å². The lowest BCUT2D eigenvalue weighted by Crippen LogP contribution is -2.64. The van der Waals surface area contributed by atoms with Crippen LogP contribution < -0.4 is 16.4 Å². The highest BCUT2D eigenvalue weighted by Gasteiger charge is 2.42. The van der Waals surface area contributed by atoms with Gasteiger partial charge in [-0.25, -0.2) is 4.99 Å². The number of hydrogen-bond donors (Lipinski definition) is 3. The first kappa shape index (κ1) is 12.7. The van der Waals surface area contributed by atoms with Crippen molar-refractivity contribution in [1.82, 2.24) is 10.6 Å². The topological polar surface area (TPSA) is 74.8 Å². The maximum absolute atomic E-state index is 6.36. The Hall–Kier alpha value is -0.750. The molecule has 1 unspecified atom stereocenters. The molecule has 96 valence electrons. The number of nitrogens with two attached hydrogens (primary N) is 1. The van der Waals surface area contributed by atoms with E-state index < -0.39 is 5.79 Å². The first-order chi connectivity index (χ1) is 7.84. The molecular weight excluding hydrogens is 234 g/mol. The van der Waals surface area contributed by atoms with Crippen molar-refractivity contribution >= 4 is 22.9 Å². The van der Waals surface area contributed by atoms with Crippen molar-refractivity contribution in [3.05, 3.63) is 0 Å². The summed E-state index contributed by atoms with van der Waals surface area (Å²) in [4.78, 5) is 8.95. The summed E-state index contributed by atoms with van der Waals surface area (Å²) in [6.07, 6.45) is 4.38. The Morgan fingerprint density at radius 1 is 1.47 bits per heavy atom. The molecule has 5 nitrogen and oxygen atoms in total. The van der Waals surface area contributed by atoms with Gasteiger partial charge in [-0.2, -0.15) is 4.99 Å². The van der Waals surface area contributed by atoms with Crippen molar-refractivity contribution < 1.29 is 0 Å². The molecule has 1 saturated carbocycles. The zero-order chi connectivity index (χ0) is 12.7. The van der Waals surface area contributed by atoms with Crippen LogP contribution in [0.2, 0.25) is 0 Å². The van der Waals surface area contributed by atoms with Gasteiger partial charge < -0.3 is 10.6 Å². The molecule has 6 heteroatoms. The maximum Gasteiger partial charge on any atom is 0.224 e. The molecule has 2 rings (SSSR count). The second-order valence-electron chi connectivity index (χ2n) is 5.62. The third kappa shape index (κ3) is 2.74. The third-order valence-corrected chi connectivity index (χ3v) is 3.61. The van der Waals surface area contributed by atoms with E-state index >= 15 is 0 Å². The van der Waals surface area contributed by atoms with Gasteiger partial charge in [0.2, 0.25) is 5.96 Å². The highest BCUT2D eigenvalue weighted by atomic mass is 32.2. The molecule has 0 aromatic carbocycles. The Balaban J connectivity index is 2.24. The zero-order valence-electron chi connectivity index (χ0n) is 10.9. The smallest absolute Gasteiger partial charge is 0.224 e. The molecule has 1 fully saturated rings. The highest BCUT2D eigenvalue weighted by Crippen LogP contribution is 2.30. The summed E-state index contributed by atoms with van der Waals surface area (Å²) in [6, 6.07) is 0.530. The second kappa shape index (κ2) is 4.17. The minimum absolute atomic E-state index is 0.180. The van der Waals surface area contributed by atoms with Crippen molar-refractivity contribution in [3.63, 3.8) is 0 Å². The second-order valence-corrected chi connectivity index (χ2v) is 6.41. The van der Waals surface area contributed by atoms with Crippen molar-refractivity contribution in [2.24, 2.45) is 21.1 Å². The molecule has 0 spiro atoms. The summed E-state index contributed by atoms with van der Waals surface area (Å²) in [5.74, 6) is -0.141. The van der Waals surface area contributed by atoms with Gasteiger partial charge in [0.25, 0.3) is 0 Å². The Labute approximate surface area is 107 Å². The van der Waals surface area contributed by atoms with Crippen LogP contribution in [0.25, 0.3) is 0 Å². The average molecular weight is 255 g/mol. The standard InChI is InChI=1S/C11H21N5S/c1-10(2,3)11(12)15-8(13-7-5-6-7)14-9(16-11)17-4/h7H,5-6,12H2,1-4H3,(H2,13,14,15,16). The normalized spacial score (nSPS) is 29.2. The van der Waals surface area contributed by atoms with E-state index in [4.69, 9.17) is 5.73 Å². The number of nitrogens with one attached hydrogen (secondary N) is 2. The summed E-state index contributed by atoms with van der Waals surface area (Å²) in [6.45, 7) is 6.21. The minimum atomic E-state index is -0.801. The molecule has 0 saturated heterocycles. The molecule has 0 amide bonds. The summed E-state index contributed by atoms with van der Waals surface area (Å²) >= 11 is 1.55. The van der Waals surface area contributed by atoms with Gasteiger partial charge in [0, 0.05) is 11.5 Å². The van der Waals surface area contributed by atoms with Crippen LogP contribution in [-0.2, 0) is 0 Å². The van der Waals surface area contributed by atoms with E-state index in [0.717, 1.165) is 5.17 Å². The van der Waals surface area contributed by atoms with Gasteiger partial charge in [-0.1, -0.05) is 32.5 Å². The largest absolute Gasteiger partial charge is 0.352 e. The summed E-state index contributed by atoms with van der Waals surface area (Å²) < 4.78 is 0. The SMILES string of the molecule is CSC1=NC(NC2CC2)=NC(N)(C(C)(C)C)N1. The fraction of sp³-hybridized carbons (Fsp3) is 0.818. The average Bonchev–Trinajstić information content (AvgIpc) is 2.99. The van der Waals surface area contributed by atoms with Gasteiger partial charge in [-0.3, -0.25) is 5.73 Å². The predicted octanol–water partition coefficient (Wildman–Crippen LogP) is 1.08. The number of thioether (sulfide) groups is 1. The summed E-state index contributed by atoms with van der Waals surface area (Å²) in [5, 5.41) is 7.34. The van der Waals surface area contributed by atoms with Crippen molar-refractivity contribution in [2.75, 3.05) is 6.26 Å². The number of aliphatic imine (C=N–C) groups is 2. The van der Waals surface area contributed by atoms with E-state index in [0.29, 0.717) is 12.0 Å². The Kier molecular flexibility index (Phi) is 3.12. The van der Waals surface area contributed by atoms with Crippen LogP contribution in [-0.4, -0.2) is 29.2 Å². The quantitative estimate of drug-likeness (QED) is 0.655. The number of amidine groups is 1. The van der Waals surface area contributed by atoms with Gasteiger partial charge in [-0.15, -0.1) is 0 Å². The Morgan fingerprint density at radius 2 is 2.12 bits per heavy atom. The summed E-state index contributed by atoms with van der Waals surface area (Å²) in [7, 11) is 0. The van der Waals surface area contributed by atoms with Crippen LogP contribution in [0.5, 0.6) is 0 Å². The van der Waals surface area contributed by atoms with Crippen molar-refractivity contribution in [1.29, 1.82) is 0 Å². The minimum Gasteiger partial charge on any atom is -0.352 e. The van der Waals surface area contributed by atoms with E-state index in [-0.39, 0.29) is 5.41 Å². The molecule has 1 atom stereocenters. The zero-order valence-corrected chi connectivity index (χ0v) is 11.7. The molecule has 1 heterocycles. The number of guanidine groups is 1. The Morgan fingerprint density at radius 3 is 2.59 bits per heavy atom. The maximum atomic E-state index is 6.36. The summed E-state index contributed by atoms with van der Waals surface area (Å²) in [5.41, 5.74) is 6.18. The van der Waals surface area contributed by atoms with E-state index in [1.807, 2.05) is 6.26 Å². The highest BCUT2D eigenvalue weighted by molar-refractivity contribution is 8.13. The fourth-order valence-electron chi connectivity index (χ4n) is 1.43. The molecule has 0 aromatic heterocycles. The van der Waals surface area contributed by atoms with Gasteiger partial charge in [0.05, 0.1) is 0 Å². The van der Waals surface area contributed by atoms with E-state index in [1.165, 1.54) is 12.8 Å². The number of hydrogen-bond acceptors (Lipinski definition) is 6. The predicted molar refractivity (Wildman–Crippen MR) is 74.1 cm³/mol. The molecule has 1 aliphatic heterocycles. The third-order valence-electron chi connectivity index (χ3n) is 3.03. The molecule has 0 aromatic rings. The van der Waals surface area contributed by atoms with Crippen LogP contribution in [0.3, 0.4) is 0 Å². The van der Waals surface area contributed by atoms with Crippen LogP contribution in [0.4, 0.5) is 0 Å². The molecule has 0 bridgehead atoms. The monoisotopic (exact) mass is 255 g/mol. The lowest BCUT2D eigenvalue weighted by atomic mass is 9.87. The van der Waals surface area contributed by atoms with Crippen molar-refractivity contribution in [2.45, 2.75) is 45.4 Å². The Bertz CT molecular complexity index is 367. The van der Waals surface area contributed by atoms with E-state index in [2.05, 4.69) is 41.4 Å². The van der Waals surface area contributed by atoms with Crippen LogP contribution >= 0.6 is 11.8 Å². The van der Waals surface area contributed by atoms with E-state index in [1.54, 1.807) is 11.8 Å². The molecule has 4 N–H and O–H groups in total. The van der Waals surface area contributed by atoms with Crippen LogP contribution in [0, 0.1) is 5.41 Å². The number of rotatable bonds is 1. The molecule has 1 aliphatic carbocycles. The molecule has 0 radical (unpaired) electrons. The van der Waals surface area contributed by atoms with Gasteiger partial charge in [0.1, 0.15) is 0 Å². The molecule has 2 aliphatic rings.